The molecule has 45 valence electrons. The average Bonchev–Trinajstić information content (AvgIpc) is 1.90. The van der Waals surface area contributed by atoms with Crippen LogP contribution in [0.15, 0.2) is 18.6 Å². The molecule has 9 heavy (non-hydrogen) atoms. The van der Waals surface area contributed by atoms with Gasteiger partial charge in [0.25, 0.3) is 0 Å². The minimum Gasteiger partial charge on any atom is -0.292 e. The van der Waals surface area contributed by atoms with E-state index in [1.807, 2.05) is 0 Å². The summed E-state index contributed by atoms with van der Waals surface area (Å²) in [5.41, 5.74) is 0.352. The molecule has 3 heteroatoms. The summed E-state index contributed by atoms with van der Waals surface area (Å²) in [6.07, 6.45) is 2.82. The Morgan fingerprint density at radius 2 is 2.44 bits per heavy atom. The average molecular weight is 121 g/mol. The van der Waals surface area contributed by atoms with Crippen LogP contribution in [0.4, 0.5) is 0 Å². The summed E-state index contributed by atoms with van der Waals surface area (Å²) in [6.45, 7) is 3.18. The lowest BCUT2D eigenvalue weighted by Crippen LogP contribution is -1.95. The van der Waals surface area contributed by atoms with Gasteiger partial charge in [-0.15, -0.1) is 0 Å². The molecule has 0 spiro atoms. The molecule has 0 atom stereocenters. The van der Waals surface area contributed by atoms with Gasteiger partial charge in [-0.2, -0.15) is 0 Å². The highest BCUT2D eigenvalue weighted by atomic mass is 16.1. The maximum absolute atomic E-state index is 10.4. The fourth-order valence-corrected chi connectivity index (χ4v) is 0.456. The molecule has 1 aromatic heterocycles. The fraction of sp³-hybridized carbons (Fsp3) is 0. The highest BCUT2D eigenvalue weighted by Gasteiger charge is 1.95. The second-order valence-electron chi connectivity index (χ2n) is 1.52. The number of nitrogens with zero attached hydrogens (tertiary/aromatic N) is 2. The second-order valence-corrected chi connectivity index (χ2v) is 1.52. The van der Waals surface area contributed by atoms with Gasteiger partial charge in [-0.05, 0) is 6.07 Å². The summed E-state index contributed by atoms with van der Waals surface area (Å²) >= 11 is 0. The number of aromatic nitrogens is 2. The Hall–Kier alpha value is -1.25. The number of carbonyl (C=O) groups excluding carboxylic acids is 1. The molecule has 1 aromatic rings. The molecular formula is C6H5N2O. The van der Waals surface area contributed by atoms with Gasteiger partial charge in [0.2, 0.25) is 0 Å². The molecule has 0 unspecified atom stereocenters. The van der Waals surface area contributed by atoms with Gasteiger partial charge in [-0.25, -0.2) is 9.97 Å². The van der Waals surface area contributed by atoms with Crippen molar-refractivity contribution in [2.45, 2.75) is 0 Å². The molecule has 0 fully saturated rings. The molecule has 0 aliphatic rings. The third-order valence-electron chi connectivity index (χ3n) is 0.868. The molecule has 1 rings (SSSR count). The second kappa shape index (κ2) is 2.35. The first-order chi connectivity index (χ1) is 4.30. The van der Waals surface area contributed by atoms with E-state index in [9.17, 15) is 4.79 Å². The van der Waals surface area contributed by atoms with Crippen molar-refractivity contribution >= 4 is 5.78 Å². The van der Waals surface area contributed by atoms with Crippen LogP contribution >= 0.6 is 0 Å². The van der Waals surface area contributed by atoms with Gasteiger partial charge < -0.3 is 0 Å². The maximum atomic E-state index is 10.4. The predicted octanol–water partition coefficient (Wildman–Crippen LogP) is 0.493. The summed E-state index contributed by atoms with van der Waals surface area (Å²) in [5.74, 6) is -0.280. The number of Topliss-reactive ketones (excluding diaryl/α,β-unsaturated/α-hetero) is 1. The van der Waals surface area contributed by atoms with E-state index in [1.165, 1.54) is 18.6 Å². The lowest BCUT2D eigenvalue weighted by atomic mass is 10.3. The van der Waals surface area contributed by atoms with E-state index in [1.54, 1.807) is 0 Å². The van der Waals surface area contributed by atoms with Gasteiger partial charge in [0.15, 0.2) is 5.78 Å². The van der Waals surface area contributed by atoms with Crippen LogP contribution in [-0.4, -0.2) is 15.8 Å². The van der Waals surface area contributed by atoms with Crippen molar-refractivity contribution < 1.29 is 4.79 Å². The lowest BCUT2D eigenvalue weighted by Gasteiger charge is -1.87. The Morgan fingerprint density at radius 1 is 1.67 bits per heavy atom. The number of hydrogen-bond donors (Lipinski definition) is 0. The van der Waals surface area contributed by atoms with Crippen molar-refractivity contribution in [3.8, 4) is 0 Å². The summed E-state index contributed by atoms with van der Waals surface area (Å²) in [6, 6.07) is 1.52. The van der Waals surface area contributed by atoms with Gasteiger partial charge in [0.1, 0.15) is 12.0 Å². The standard InChI is InChI=1S/C6H5N2O/c1-5(9)6-2-3-7-4-8-6/h2-4H,1H2. The Morgan fingerprint density at radius 3 is 2.78 bits per heavy atom. The van der Waals surface area contributed by atoms with Crippen LogP contribution in [0.3, 0.4) is 0 Å². The highest BCUT2D eigenvalue weighted by molar-refractivity contribution is 5.97. The van der Waals surface area contributed by atoms with Gasteiger partial charge in [-0.1, -0.05) is 0 Å². The Bertz CT molecular complexity index is 208. The summed E-state index contributed by atoms with van der Waals surface area (Å²) in [4.78, 5) is 17.7. The monoisotopic (exact) mass is 121 g/mol. The van der Waals surface area contributed by atoms with E-state index >= 15 is 0 Å². The first-order valence-corrected chi connectivity index (χ1v) is 2.43. The van der Waals surface area contributed by atoms with E-state index < -0.39 is 0 Å². The zero-order valence-electron chi connectivity index (χ0n) is 4.74. The quantitative estimate of drug-likeness (QED) is 0.508. The first-order valence-electron chi connectivity index (χ1n) is 2.43. The summed E-state index contributed by atoms with van der Waals surface area (Å²) in [5, 5.41) is 0. The number of ketones is 1. The topological polar surface area (TPSA) is 42.9 Å². The third kappa shape index (κ3) is 1.32. The first kappa shape index (κ1) is 5.88. The Balaban J connectivity index is 2.98. The van der Waals surface area contributed by atoms with E-state index in [0.29, 0.717) is 5.69 Å². The zero-order valence-corrected chi connectivity index (χ0v) is 4.74. The van der Waals surface area contributed by atoms with E-state index in [0.717, 1.165) is 0 Å². The van der Waals surface area contributed by atoms with E-state index in [-0.39, 0.29) is 5.78 Å². The van der Waals surface area contributed by atoms with Crippen LogP contribution in [0.25, 0.3) is 0 Å². The molecule has 0 amide bonds. The third-order valence-corrected chi connectivity index (χ3v) is 0.868. The van der Waals surface area contributed by atoms with Crippen molar-refractivity contribution in [1.29, 1.82) is 0 Å². The normalized spacial score (nSPS) is 9.00. The molecule has 0 aromatic carbocycles. The van der Waals surface area contributed by atoms with Crippen LogP contribution < -0.4 is 0 Å². The van der Waals surface area contributed by atoms with Crippen molar-refractivity contribution in [2.75, 3.05) is 0 Å². The summed E-state index contributed by atoms with van der Waals surface area (Å²) < 4.78 is 0. The van der Waals surface area contributed by atoms with Crippen molar-refractivity contribution in [3.05, 3.63) is 31.2 Å². The predicted molar refractivity (Wildman–Crippen MR) is 31.7 cm³/mol. The van der Waals surface area contributed by atoms with Crippen molar-refractivity contribution in [3.63, 3.8) is 0 Å². The molecule has 1 radical (unpaired) electrons. The SMILES string of the molecule is [CH2]C(=O)c1ccncn1. The minimum absolute atomic E-state index is 0.280. The van der Waals surface area contributed by atoms with Crippen LogP contribution in [0, 0.1) is 6.92 Å². The number of rotatable bonds is 1. The molecular weight excluding hydrogens is 116 g/mol. The molecule has 3 nitrogen and oxygen atoms in total. The van der Waals surface area contributed by atoms with Gasteiger partial charge in [0, 0.05) is 13.1 Å². The molecule has 0 N–H and O–H groups in total. The smallest absolute Gasteiger partial charge is 0.181 e. The van der Waals surface area contributed by atoms with Gasteiger partial charge >= 0.3 is 0 Å². The van der Waals surface area contributed by atoms with Gasteiger partial charge in [-0.3, -0.25) is 4.79 Å². The molecule has 1 heterocycles. The molecule has 0 aliphatic heterocycles. The Kier molecular flexibility index (Phi) is 1.53. The van der Waals surface area contributed by atoms with Crippen molar-refractivity contribution in [1.82, 2.24) is 9.97 Å². The van der Waals surface area contributed by atoms with Crippen LogP contribution in [0.5, 0.6) is 0 Å². The fourth-order valence-electron chi connectivity index (χ4n) is 0.456. The van der Waals surface area contributed by atoms with E-state index in [2.05, 4.69) is 16.9 Å². The minimum atomic E-state index is -0.280. The lowest BCUT2D eigenvalue weighted by molar-refractivity contribution is 0.103. The van der Waals surface area contributed by atoms with Gasteiger partial charge in [0.05, 0.1) is 0 Å². The van der Waals surface area contributed by atoms with E-state index in [4.69, 9.17) is 0 Å². The van der Waals surface area contributed by atoms with Crippen LogP contribution in [0.2, 0.25) is 0 Å². The van der Waals surface area contributed by atoms with Crippen LogP contribution in [-0.2, 0) is 0 Å². The molecule has 0 bridgehead atoms. The zero-order chi connectivity index (χ0) is 6.69. The summed E-state index contributed by atoms with van der Waals surface area (Å²) in [7, 11) is 0. The largest absolute Gasteiger partial charge is 0.292 e. The number of hydrogen-bond acceptors (Lipinski definition) is 3. The molecule has 0 saturated carbocycles. The molecule has 0 aliphatic carbocycles. The van der Waals surface area contributed by atoms with Crippen molar-refractivity contribution in [2.24, 2.45) is 0 Å². The highest BCUT2D eigenvalue weighted by Crippen LogP contribution is 1.89. The molecule has 0 saturated heterocycles. The Labute approximate surface area is 52.8 Å². The number of carbonyl (C=O) groups is 1. The maximum Gasteiger partial charge on any atom is 0.181 e. The van der Waals surface area contributed by atoms with Crippen LogP contribution in [0.1, 0.15) is 10.5 Å².